The number of aliphatic hydroxyl groups excluding tert-OH is 1. The average Bonchev–Trinajstić information content (AvgIpc) is 2.85. The molecule has 0 bridgehead atoms. The maximum atomic E-state index is 11.4. The summed E-state index contributed by atoms with van der Waals surface area (Å²) in [6.07, 6.45) is -1.43. The van der Waals surface area contributed by atoms with Gasteiger partial charge in [-0.3, -0.25) is 0 Å². The summed E-state index contributed by atoms with van der Waals surface area (Å²) in [5.41, 5.74) is 3.34. The molecular weight excluding hydrogens is 388 g/mol. The highest BCUT2D eigenvalue weighted by Crippen LogP contribution is 2.34. The number of fused-ring (bicyclic) bond motifs is 1. The van der Waals surface area contributed by atoms with Crippen molar-refractivity contribution in [2.45, 2.75) is 31.1 Å². The molecule has 3 aromatic rings. The second-order valence-corrected chi connectivity index (χ2v) is 8.10. The van der Waals surface area contributed by atoms with Gasteiger partial charge in [0.05, 0.1) is 25.3 Å². The Balaban J connectivity index is 1.40. The summed E-state index contributed by atoms with van der Waals surface area (Å²) >= 11 is 0. The molecule has 0 spiro atoms. The highest BCUT2D eigenvalue weighted by molar-refractivity contribution is 5.55. The van der Waals surface area contributed by atoms with Crippen LogP contribution in [0.25, 0.3) is 0 Å². The van der Waals surface area contributed by atoms with Crippen LogP contribution >= 0.6 is 0 Å². The lowest BCUT2D eigenvalue weighted by molar-refractivity contribution is -0.230. The molecule has 0 aliphatic carbocycles. The number of aliphatic hydroxyl groups is 1. The first-order valence-electron chi connectivity index (χ1n) is 10.9. The van der Waals surface area contributed by atoms with E-state index in [1.165, 1.54) is 0 Å². The van der Waals surface area contributed by atoms with E-state index >= 15 is 0 Å². The maximum Gasteiger partial charge on any atom is 0.186 e. The van der Waals surface area contributed by atoms with Crippen molar-refractivity contribution in [3.8, 4) is 0 Å². The van der Waals surface area contributed by atoms with Crippen LogP contribution in [0, 0.1) is 0 Å². The zero-order chi connectivity index (χ0) is 21.0. The van der Waals surface area contributed by atoms with Gasteiger partial charge in [-0.2, -0.15) is 0 Å². The topological polar surface area (TPSA) is 45.2 Å². The van der Waals surface area contributed by atoms with Crippen LogP contribution in [-0.2, 0) is 16.1 Å². The third-order valence-corrected chi connectivity index (χ3v) is 6.23. The van der Waals surface area contributed by atoms with Crippen LogP contribution in [0.15, 0.2) is 91.0 Å². The van der Waals surface area contributed by atoms with Gasteiger partial charge in [-0.15, -0.1) is 0 Å². The Bertz CT molecular complexity index is 954. The molecule has 0 saturated carbocycles. The Morgan fingerprint density at radius 1 is 0.774 bits per heavy atom. The SMILES string of the molecule is O[C@H]1[C@@H](OCc2ccccc2)OC[C@H]2[C@@H]1N(c1ccccc1)CCN2c1ccccc1. The first-order chi connectivity index (χ1) is 15.3. The fraction of sp³-hybridized carbons (Fsp3) is 0.308. The summed E-state index contributed by atoms with van der Waals surface area (Å²) in [6, 6.07) is 30.6. The molecule has 5 nitrogen and oxygen atoms in total. The molecule has 0 radical (unpaired) electrons. The lowest BCUT2D eigenvalue weighted by Gasteiger charge is -2.54. The number of para-hydroxylation sites is 2. The molecule has 2 heterocycles. The molecule has 0 unspecified atom stereocenters. The molecule has 2 aliphatic heterocycles. The van der Waals surface area contributed by atoms with Crippen molar-refractivity contribution in [3.63, 3.8) is 0 Å². The van der Waals surface area contributed by atoms with Crippen molar-refractivity contribution < 1.29 is 14.6 Å². The van der Waals surface area contributed by atoms with Crippen LogP contribution < -0.4 is 9.80 Å². The van der Waals surface area contributed by atoms with Gasteiger partial charge in [-0.25, -0.2) is 0 Å². The van der Waals surface area contributed by atoms with E-state index in [2.05, 4.69) is 46.2 Å². The predicted octanol–water partition coefficient (Wildman–Crippen LogP) is 3.68. The van der Waals surface area contributed by atoms with Gasteiger partial charge < -0.3 is 24.4 Å². The molecule has 0 aromatic heterocycles. The van der Waals surface area contributed by atoms with Crippen molar-refractivity contribution in [1.82, 2.24) is 0 Å². The van der Waals surface area contributed by atoms with Gasteiger partial charge in [-0.1, -0.05) is 66.7 Å². The molecule has 0 amide bonds. The highest BCUT2D eigenvalue weighted by atomic mass is 16.7. The number of nitrogens with zero attached hydrogens (tertiary/aromatic N) is 2. The van der Waals surface area contributed by atoms with E-state index < -0.39 is 12.4 Å². The van der Waals surface area contributed by atoms with E-state index in [0.717, 1.165) is 30.0 Å². The van der Waals surface area contributed by atoms with Gasteiger partial charge in [-0.05, 0) is 29.8 Å². The van der Waals surface area contributed by atoms with E-state index in [-0.39, 0.29) is 12.1 Å². The van der Waals surface area contributed by atoms with Crippen LogP contribution in [0.2, 0.25) is 0 Å². The number of benzene rings is 3. The second-order valence-electron chi connectivity index (χ2n) is 8.10. The van der Waals surface area contributed by atoms with E-state index in [9.17, 15) is 5.11 Å². The standard InChI is InChI=1S/C26H28N2O3/c29-25-24-23(19-31-26(25)30-18-20-10-4-1-5-11-20)27(21-12-6-2-7-13-21)16-17-28(24)22-14-8-3-9-15-22/h1-15,23-26,29H,16-19H2/t23-,24-,25+,26-/m0/s1. The largest absolute Gasteiger partial charge is 0.386 e. The number of hydrogen-bond acceptors (Lipinski definition) is 5. The van der Waals surface area contributed by atoms with Crippen LogP contribution in [0.4, 0.5) is 11.4 Å². The van der Waals surface area contributed by atoms with E-state index in [1.54, 1.807) is 0 Å². The van der Waals surface area contributed by atoms with E-state index in [1.807, 2.05) is 54.6 Å². The van der Waals surface area contributed by atoms with E-state index in [0.29, 0.717) is 13.2 Å². The minimum atomic E-state index is -0.769. The summed E-state index contributed by atoms with van der Waals surface area (Å²) in [5.74, 6) is 0. The normalized spacial score (nSPS) is 25.8. The molecule has 2 saturated heterocycles. The summed E-state index contributed by atoms with van der Waals surface area (Å²) in [5, 5.41) is 11.4. The zero-order valence-electron chi connectivity index (χ0n) is 17.5. The lowest BCUT2D eigenvalue weighted by atomic mass is 9.92. The summed E-state index contributed by atoms with van der Waals surface area (Å²) in [6.45, 7) is 2.60. The molecule has 5 heteroatoms. The molecule has 3 aromatic carbocycles. The zero-order valence-corrected chi connectivity index (χ0v) is 17.5. The van der Waals surface area contributed by atoms with Crippen molar-refractivity contribution >= 4 is 11.4 Å². The smallest absolute Gasteiger partial charge is 0.186 e. The molecule has 2 fully saturated rings. The molecular formula is C26H28N2O3. The van der Waals surface area contributed by atoms with Gasteiger partial charge >= 0.3 is 0 Å². The third kappa shape index (κ3) is 4.17. The number of ether oxygens (including phenoxy) is 2. The Hall–Kier alpha value is -2.86. The van der Waals surface area contributed by atoms with Gasteiger partial charge in [0.15, 0.2) is 6.29 Å². The van der Waals surface area contributed by atoms with Gasteiger partial charge in [0.1, 0.15) is 6.10 Å². The monoisotopic (exact) mass is 416 g/mol. The Kier molecular flexibility index (Phi) is 5.89. The minimum Gasteiger partial charge on any atom is -0.386 e. The van der Waals surface area contributed by atoms with E-state index in [4.69, 9.17) is 9.47 Å². The van der Waals surface area contributed by atoms with Crippen LogP contribution in [-0.4, -0.2) is 49.3 Å². The Labute approximate surface area is 183 Å². The fourth-order valence-corrected chi connectivity index (χ4v) is 4.74. The van der Waals surface area contributed by atoms with Crippen LogP contribution in [0.3, 0.4) is 0 Å². The number of hydrogen-bond donors (Lipinski definition) is 1. The molecule has 31 heavy (non-hydrogen) atoms. The third-order valence-electron chi connectivity index (χ3n) is 6.23. The number of anilines is 2. The molecule has 160 valence electrons. The van der Waals surface area contributed by atoms with Crippen molar-refractivity contribution in [3.05, 3.63) is 96.6 Å². The van der Waals surface area contributed by atoms with Gasteiger partial charge in [0.25, 0.3) is 0 Å². The van der Waals surface area contributed by atoms with Crippen LogP contribution in [0.5, 0.6) is 0 Å². The molecule has 1 N–H and O–H groups in total. The first kappa shape index (κ1) is 20.1. The summed E-state index contributed by atoms with van der Waals surface area (Å²) < 4.78 is 12.1. The van der Waals surface area contributed by atoms with Crippen LogP contribution in [0.1, 0.15) is 5.56 Å². The van der Waals surface area contributed by atoms with Gasteiger partial charge in [0, 0.05) is 24.5 Å². The first-order valence-corrected chi connectivity index (χ1v) is 10.9. The van der Waals surface area contributed by atoms with Crippen molar-refractivity contribution in [2.24, 2.45) is 0 Å². The maximum absolute atomic E-state index is 11.4. The quantitative estimate of drug-likeness (QED) is 0.687. The Morgan fingerprint density at radius 2 is 1.32 bits per heavy atom. The van der Waals surface area contributed by atoms with Gasteiger partial charge in [0.2, 0.25) is 0 Å². The molecule has 2 aliphatic rings. The van der Waals surface area contributed by atoms with Crippen molar-refractivity contribution in [1.29, 1.82) is 0 Å². The fourth-order valence-electron chi connectivity index (χ4n) is 4.74. The Morgan fingerprint density at radius 3 is 1.97 bits per heavy atom. The lowest BCUT2D eigenvalue weighted by Crippen LogP contribution is -2.70. The average molecular weight is 417 g/mol. The number of rotatable bonds is 5. The highest BCUT2D eigenvalue weighted by Gasteiger charge is 2.48. The second kappa shape index (κ2) is 9.10. The predicted molar refractivity (Wildman–Crippen MR) is 122 cm³/mol. The minimum absolute atomic E-state index is 0.0305. The number of piperazine rings is 1. The summed E-state index contributed by atoms with van der Waals surface area (Å²) in [4.78, 5) is 4.68. The molecule has 4 atom stereocenters. The summed E-state index contributed by atoms with van der Waals surface area (Å²) in [7, 11) is 0. The molecule has 5 rings (SSSR count). The van der Waals surface area contributed by atoms with Crippen molar-refractivity contribution in [2.75, 3.05) is 29.5 Å².